The number of amides is 1. The fourth-order valence-electron chi connectivity index (χ4n) is 4.52. The second-order valence-corrected chi connectivity index (χ2v) is 9.01. The summed E-state index contributed by atoms with van der Waals surface area (Å²) in [7, 11) is 5.33. The Morgan fingerprint density at radius 2 is 1.67 bits per heavy atom. The third-order valence-corrected chi connectivity index (χ3v) is 6.68. The first-order valence-electron chi connectivity index (χ1n) is 12.1. The van der Waals surface area contributed by atoms with Crippen molar-refractivity contribution in [2.45, 2.75) is 13.0 Å². The molecule has 0 N–H and O–H groups in total. The Morgan fingerprint density at radius 1 is 0.889 bits per heavy atom. The first-order chi connectivity index (χ1) is 17.6. The van der Waals surface area contributed by atoms with E-state index in [1.165, 1.54) is 0 Å². The van der Waals surface area contributed by atoms with E-state index in [1.54, 1.807) is 26.4 Å². The second kappa shape index (κ2) is 10.4. The smallest absolute Gasteiger partial charge is 0.254 e. The summed E-state index contributed by atoms with van der Waals surface area (Å²) in [5, 5.41) is 0. The first kappa shape index (κ1) is 23.9. The van der Waals surface area contributed by atoms with Crippen LogP contribution in [0.25, 0.3) is 0 Å². The Morgan fingerprint density at radius 3 is 2.42 bits per heavy atom. The molecule has 2 aliphatic rings. The van der Waals surface area contributed by atoms with Gasteiger partial charge in [0.1, 0.15) is 5.75 Å². The van der Waals surface area contributed by atoms with E-state index in [0.717, 1.165) is 37.4 Å². The van der Waals surface area contributed by atoms with Crippen molar-refractivity contribution in [3.63, 3.8) is 0 Å². The van der Waals surface area contributed by atoms with Crippen LogP contribution in [0, 0.1) is 0 Å². The van der Waals surface area contributed by atoms with E-state index in [1.807, 2.05) is 41.3 Å². The zero-order chi connectivity index (χ0) is 25.1. The number of ether oxygens (including phenoxy) is 3. The number of piperazine rings is 1. The molecule has 188 valence electrons. The average Bonchev–Trinajstić information content (AvgIpc) is 2.93. The molecule has 1 amide bonds. The fourth-order valence-corrected chi connectivity index (χ4v) is 4.52. The van der Waals surface area contributed by atoms with Crippen LogP contribution in [0.1, 0.15) is 21.6 Å². The number of aromatic nitrogens is 2. The molecule has 3 aromatic rings. The Hall–Kier alpha value is -3.85. The van der Waals surface area contributed by atoms with Crippen molar-refractivity contribution >= 4 is 11.9 Å². The van der Waals surface area contributed by atoms with Crippen molar-refractivity contribution in [1.82, 2.24) is 19.8 Å². The number of para-hydroxylation sites is 2. The van der Waals surface area contributed by atoms with Crippen molar-refractivity contribution in [3.8, 4) is 23.1 Å². The van der Waals surface area contributed by atoms with Crippen molar-refractivity contribution in [3.05, 3.63) is 65.4 Å². The van der Waals surface area contributed by atoms with Gasteiger partial charge < -0.3 is 28.9 Å². The number of methoxy groups -OCH3 is 2. The molecule has 9 heteroatoms. The number of carbonyl (C=O) groups is 1. The van der Waals surface area contributed by atoms with Gasteiger partial charge in [-0.05, 0) is 37.4 Å². The van der Waals surface area contributed by atoms with E-state index in [2.05, 4.69) is 16.8 Å². The molecule has 36 heavy (non-hydrogen) atoms. The Balaban J connectivity index is 1.49. The van der Waals surface area contributed by atoms with Gasteiger partial charge in [0, 0.05) is 44.7 Å². The maximum Gasteiger partial charge on any atom is 0.254 e. The molecule has 0 radical (unpaired) electrons. The molecule has 0 aliphatic carbocycles. The molecule has 0 unspecified atom stereocenters. The zero-order valence-corrected chi connectivity index (χ0v) is 20.9. The SMILES string of the molecule is COc1cccc(C(=O)N2CCc3nc(N4CCN(C)CC4)nc(Oc4ccccc4OC)c3C2)c1. The maximum absolute atomic E-state index is 13.3. The van der Waals surface area contributed by atoms with Gasteiger partial charge in [-0.3, -0.25) is 4.79 Å². The number of nitrogens with zero attached hydrogens (tertiary/aromatic N) is 5. The number of carbonyl (C=O) groups excluding carboxylic acids is 1. The van der Waals surface area contributed by atoms with Crippen LogP contribution >= 0.6 is 0 Å². The molecular weight excluding hydrogens is 458 g/mol. The minimum atomic E-state index is -0.0639. The van der Waals surface area contributed by atoms with Gasteiger partial charge in [-0.15, -0.1) is 0 Å². The summed E-state index contributed by atoms with van der Waals surface area (Å²) in [6.45, 7) is 4.53. The third kappa shape index (κ3) is 4.92. The molecule has 5 rings (SSSR count). The summed E-state index contributed by atoms with van der Waals surface area (Å²) in [4.78, 5) is 29.4. The van der Waals surface area contributed by atoms with Crippen LogP contribution in [0.15, 0.2) is 48.5 Å². The molecular formula is C27H31N5O4. The van der Waals surface area contributed by atoms with Crippen molar-refractivity contribution < 1.29 is 19.0 Å². The number of hydrogen-bond acceptors (Lipinski definition) is 8. The minimum Gasteiger partial charge on any atom is -0.497 e. The summed E-state index contributed by atoms with van der Waals surface area (Å²) in [6, 6.07) is 14.7. The van der Waals surface area contributed by atoms with E-state index in [-0.39, 0.29) is 5.91 Å². The van der Waals surface area contributed by atoms with E-state index in [0.29, 0.717) is 54.2 Å². The summed E-state index contributed by atoms with van der Waals surface area (Å²) in [6.07, 6.45) is 0.622. The number of fused-ring (bicyclic) bond motifs is 1. The predicted octanol–water partition coefficient (Wildman–Crippen LogP) is 3.24. The van der Waals surface area contributed by atoms with Gasteiger partial charge in [-0.2, -0.15) is 4.98 Å². The molecule has 1 aromatic heterocycles. The fraction of sp³-hybridized carbons (Fsp3) is 0.370. The van der Waals surface area contributed by atoms with Gasteiger partial charge in [-0.25, -0.2) is 4.98 Å². The number of likely N-dealkylation sites (N-methyl/N-ethyl adjacent to an activating group) is 1. The number of anilines is 1. The Labute approximate surface area is 211 Å². The topological polar surface area (TPSA) is 80.3 Å². The highest BCUT2D eigenvalue weighted by Crippen LogP contribution is 2.36. The zero-order valence-electron chi connectivity index (χ0n) is 20.9. The van der Waals surface area contributed by atoms with Crippen molar-refractivity contribution in [2.24, 2.45) is 0 Å². The van der Waals surface area contributed by atoms with E-state index in [9.17, 15) is 4.79 Å². The van der Waals surface area contributed by atoms with Crippen LogP contribution in [0.2, 0.25) is 0 Å². The molecule has 0 spiro atoms. The predicted molar refractivity (Wildman–Crippen MR) is 136 cm³/mol. The Bertz CT molecular complexity index is 1240. The normalized spacial score (nSPS) is 15.9. The van der Waals surface area contributed by atoms with Gasteiger partial charge in [0.05, 0.1) is 32.0 Å². The summed E-state index contributed by atoms with van der Waals surface area (Å²) < 4.78 is 17.2. The maximum atomic E-state index is 13.3. The van der Waals surface area contributed by atoms with Crippen LogP contribution in [0.3, 0.4) is 0 Å². The molecule has 0 atom stereocenters. The van der Waals surface area contributed by atoms with Crippen LogP contribution in [0.5, 0.6) is 23.1 Å². The second-order valence-electron chi connectivity index (χ2n) is 9.01. The quantitative estimate of drug-likeness (QED) is 0.522. The lowest BCUT2D eigenvalue weighted by molar-refractivity contribution is 0.0731. The summed E-state index contributed by atoms with van der Waals surface area (Å²) in [5.41, 5.74) is 2.32. The highest BCUT2D eigenvalue weighted by molar-refractivity contribution is 5.94. The number of benzene rings is 2. The summed E-state index contributed by atoms with van der Waals surface area (Å²) in [5.74, 6) is 2.90. The molecule has 1 saturated heterocycles. The van der Waals surface area contributed by atoms with Gasteiger partial charge in [0.2, 0.25) is 11.8 Å². The van der Waals surface area contributed by atoms with Crippen LogP contribution in [-0.2, 0) is 13.0 Å². The van der Waals surface area contributed by atoms with Gasteiger partial charge in [0.15, 0.2) is 11.5 Å². The van der Waals surface area contributed by atoms with E-state index in [4.69, 9.17) is 24.2 Å². The Kier molecular flexibility index (Phi) is 6.90. The minimum absolute atomic E-state index is 0.0639. The lowest BCUT2D eigenvalue weighted by Gasteiger charge is -2.34. The standard InChI is InChI=1S/C27H31N5O4/c1-30-13-15-31(16-14-30)27-28-22-11-12-32(26(33)19-7-6-8-20(17-19)34-2)18-21(22)25(29-27)36-24-10-5-4-9-23(24)35-3/h4-10,17H,11-16,18H2,1-3H3. The van der Waals surface area contributed by atoms with Gasteiger partial charge in [-0.1, -0.05) is 18.2 Å². The van der Waals surface area contributed by atoms with E-state index < -0.39 is 0 Å². The molecule has 2 aliphatic heterocycles. The first-order valence-corrected chi connectivity index (χ1v) is 12.1. The van der Waals surface area contributed by atoms with Gasteiger partial charge >= 0.3 is 0 Å². The van der Waals surface area contributed by atoms with Crippen LogP contribution in [0.4, 0.5) is 5.95 Å². The summed E-state index contributed by atoms with van der Waals surface area (Å²) >= 11 is 0. The number of hydrogen-bond donors (Lipinski definition) is 0. The molecule has 2 aromatic carbocycles. The highest BCUT2D eigenvalue weighted by atomic mass is 16.5. The highest BCUT2D eigenvalue weighted by Gasteiger charge is 2.29. The average molecular weight is 490 g/mol. The van der Waals surface area contributed by atoms with Crippen molar-refractivity contribution in [1.29, 1.82) is 0 Å². The molecule has 0 saturated carbocycles. The molecule has 1 fully saturated rings. The lowest BCUT2D eigenvalue weighted by Crippen LogP contribution is -2.45. The molecule has 9 nitrogen and oxygen atoms in total. The molecule has 0 bridgehead atoms. The van der Waals surface area contributed by atoms with Crippen LogP contribution in [-0.4, -0.2) is 79.7 Å². The van der Waals surface area contributed by atoms with Crippen LogP contribution < -0.4 is 19.1 Å². The lowest BCUT2D eigenvalue weighted by atomic mass is 10.0. The monoisotopic (exact) mass is 489 g/mol. The molecule has 3 heterocycles. The van der Waals surface area contributed by atoms with Crippen molar-refractivity contribution in [2.75, 3.05) is 58.9 Å². The largest absolute Gasteiger partial charge is 0.497 e. The number of rotatable bonds is 6. The third-order valence-electron chi connectivity index (χ3n) is 6.68. The van der Waals surface area contributed by atoms with Gasteiger partial charge in [0.25, 0.3) is 5.91 Å². The van der Waals surface area contributed by atoms with E-state index >= 15 is 0 Å².